The first-order chi connectivity index (χ1) is 7.81. The lowest BCUT2D eigenvalue weighted by Gasteiger charge is -2.02. The highest BCUT2D eigenvalue weighted by Crippen LogP contribution is 2.50. The van der Waals surface area contributed by atoms with E-state index in [-0.39, 0.29) is 11.9 Å². The Hall–Kier alpha value is -1.41. The SMILES string of the molecule is O=C(/C=C/c1ccccc1)[C@]12CCC[C@@H]1O2. The number of hydrogen-bond acceptors (Lipinski definition) is 2. The van der Waals surface area contributed by atoms with E-state index in [1.54, 1.807) is 6.08 Å². The van der Waals surface area contributed by atoms with Gasteiger partial charge < -0.3 is 4.74 Å². The monoisotopic (exact) mass is 214 g/mol. The molecule has 16 heavy (non-hydrogen) atoms. The quantitative estimate of drug-likeness (QED) is 0.571. The molecule has 3 rings (SSSR count). The molecule has 1 aliphatic carbocycles. The molecular weight excluding hydrogens is 200 g/mol. The molecule has 0 radical (unpaired) electrons. The predicted octanol–water partition coefficient (Wildman–Crippen LogP) is 2.59. The number of hydrogen-bond donors (Lipinski definition) is 0. The highest BCUT2D eigenvalue weighted by atomic mass is 16.6. The topological polar surface area (TPSA) is 29.6 Å². The Morgan fingerprint density at radius 1 is 1.38 bits per heavy atom. The molecule has 1 aliphatic heterocycles. The number of carbonyl (C=O) groups excluding carboxylic acids is 1. The Labute approximate surface area is 94.9 Å². The zero-order valence-corrected chi connectivity index (χ0v) is 9.06. The molecule has 0 amide bonds. The molecule has 0 spiro atoms. The van der Waals surface area contributed by atoms with Crippen LogP contribution in [0, 0.1) is 0 Å². The van der Waals surface area contributed by atoms with E-state index in [0.717, 1.165) is 24.8 Å². The number of rotatable bonds is 3. The fourth-order valence-electron chi connectivity index (χ4n) is 2.50. The molecule has 2 atom stereocenters. The van der Waals surface area contributed by atoms with Gasteiger partial charge in [0.1, 0.15) is 0 Å². The second-order valence-corrected chi connectivity index (χ2v) is 4.50. The lowest BCUT2D eigenvalue weighted by molar-refractivity contribution is -0.119. The maximum absolute atomic E-state index is 12.0. The van der Waals surface area contributed by atoms with Gasteiger partial charge in [-0.1, -0.05) is 36.4 Å². The average Bonchev–Trinajstić information content (AvgIpc) is 2.90. The number of carbonyl (C=O) groups is 1. The van der Waals surface area contributed by atoms with Gasteiger partial charge in [-0.05, 0) is 30.9 Å². The second kappa shape index (κ2) is 3.56. The van der Waals surface area contributed by atoms with Gasteiger partial charge in [-0.15, -0.1) is 0 Å². The van der Waals surface area contributed by atoms with Gasteiger partial charge in [-0.3, -0.25) is 4.79 Å². The minimum Gasteiger partial charge on any atom is -0.357 e. The lowest BCUT2D eigenvalue weighted by atomic mass is 10.0. The lowest BCUT2D eigenvalue weighted by Crippen LogP contribution is -2.21. The average molecular weight is 214 g/mol. The summed E-state index contributed by atoms with van der Waals surface area (Å²) in [6, 6.07) is 9.88. The summed E-state index contributed by atoms with van der Waals surface area (Å²) in [4.78, 5) is 12.0. The van der Waals surface area contributed by atoms with Crippen LogP contribution < -0.4 is 0 Å². The van der Waals surface area contributed by atoms with Gasteiger partial charge >= 0.3 is 0 Å². The van der Waals surface area contributed by atoms with Gasteiger partial charge in [0, 0.05) is 0 Å². The number of ether oxygens (including phenoxy) is 1. The van der Waals surface area contributed by atoms with E-state index in [4.69, 9.17) is 4.74 Å². The Kier molecular flexibility index (Phi) is 2.18. The molecule has 2 aliphatic rings. The number of fused-ring (bicyclic) bond motifs is 1. The number of benzene rings is 1. The van der Waals surface area contributed by atoms with Crippen LogP contribution in [0.5, 0.6) is 0 Å². The largest absolute Gasteiger partial charge is 0.357 e. The van der Waals surface area contributed by atoms with Crippen molar-refractivity contribution >= 4 is 11.9 Å². The molecule has 1 aromatic carbocycles. The summed E-state index contributed by atoms with van der Waals surface area (Å²) in [5.74, 6) is 0.138. The van der Waals surface area contributed by atoms with Crippen LogP contribution in [0.1, 0.15) is 24.8 Å². The van der Waals surface area contributed by atoms with Gasteiger partial charge in [0.25, 0.3) is 0 Å². The standard InChI is InChI=1S/C14H14O2/c15-12(14-10-4-7-13(14)16-14)9-8-11-5-2-1-3-6-11/h1-3,5-6,8-9,13H,4,7,10H2/b9-8+/t13-,14+/m0/s1. The molecule has 2 fully saturated rings. The van der Waals surface area contributed by atoms with E-state index in [2.05, 4.69) is 0 Å². The molecule has 2 nitrogen and oxygen atoms in total. The summed E-state index contributed by atoms with van der Waals surface area (Å²) in [6.07, 6.45) is 6.81. The fourth-order valence-corrected chi connectivity index (χ4v) is 2.50. The zero-order valence-electron chi connectivity index (χ0n) is 9.06. The van der Waals surface area contributed by atoms with Crippen molar-refractivity contribution in [3.8, 4) is 0 Å². The van der Waals surface area contributed by atoms with Crippen LogP contribution in [0.15, 0.2) is 36.4 Å². The Morgan fingerprint density at radius 3 is 2.81 bits per heavy atom. The van der Waals surface area contributed by atoms with E-state index in [1.807, 2.05) is 36.4 Å². The van der Waals surface area contributed by atoms with Crippen LogP contribution in [0.25, 0.3) is 6.08 Å². The summed E-state index contributed by atoms with van der Waals surface area (Å²) in [7, 11) is 0. The smallest absolute Gasteiger partial charge is 0.190 e. The van der Waals surface area contributed by atoms with Crippen LogP contribution in [0.2, 0.25) is 0 Å². The van der Waals surface area contributed by atoms with Crippen molar-refractivity contribution in [2.75, 3.05) is 0 Å². The third-order valence-corrected chi connectivity index (χ3v) is 3.47. The van der Waals surface area contributed by atoms with E-state index in [1.165, 1.54) is 0 Å². The number of ketones is 1. The van der Waals surface area contributed by atoms with Crippen LogP contribution in [0.3, 0.4) is 0 Å². The van der Waals surface area contributed by atoms with Crippen molar-refractivity contribution < 1.29 is 9.53 Å². The van der Waals surface area contributed by atoms with Gasteiger partial charge in [0.05, 0.1) is 6.10 Å². The molecule has 0 unspecified atom stereocenters. The number of epoxide rings is 1. The van der Waals surface area contributed by atoms with E-state index in [9.17, 15) is 4.79 Å². The van der Waals surface area contributed by atoms with Gasteiger partial charge in [0.2, 0.25) is 0 Å². The summed E-state index contributed by atoms with van der Waals surface area (Å²) in [6.45, 7) is 0. The van der Waals surface area contributed by atoms with Crippen LogP contribution >= 0.6 is 0 Å². The van der Waals surface area contributed by atoms with Crippen molar-refractivity contribution in [2.45, 2.75) is 31.0 Å². The summed E-state index contributed by atoms with van der Waals surface area (Å²) < 4.78 is 5.49. The molecule has 1 heterocycles. The van der Waals surface area contributed by atoms with Crippen LogP contribution in [-0.4, -0.2) is 17.5 Å². The molecule has 1 saturated carbocycles. The summed E-state index contributed by atoms with van der Waals surface area (Å²) in [5, 5.41) is 0. The maximum Gasteiger partial charge on any atom is 0.190 e. The Morgan fingerprint density at radius 2 is 2.19 bits per heavy atom. The van der Waals surface area contributed by atoms with Crippen LogP contribution in [-0.2, 0) is 9.53 Å². The fraction of sp³-hybridized carbons (Fsp3) is 0.357. The zero-order chi connectivity index (χ0) is 11.0. The van der Waals surface area contributed by atoms with Crippen molar-refractivity contribution in [3.05, 3.63) is 42.0 Å². The van der Waals surface area contributed by atoms with Crippen LogP contribution in [0.4, 0.5) is 0 Å². The second-order valence-electron chi connectivity index (χ2n) is 4.50. The van der Waals surface area contributed by atoms with Crippen molar-refractivity contribution in [2.24, 2.45) is 0 Å². The summed E-state index contributed by atoms with van der Waals surface area (Å²) >= 11 is 0. The minimum atomic E-state index is -0.425. The molecule has 1 aromatic rings. The first-order valence-electron chi connectivity index (χ1n) is 5.77. The third kappa shape index (κ3) is 1.50. The predicted molar refractivity (Wildman–Crippen MR) is 61.9 cm³/mol. The molecule has 0 N–H and O–H groups in total. The van der Waals surface area contributed by atoms with Crippen molar-refractivity contribution in [1.82, 2.24) is 0 Å². The minimum absolute atomic E-state index is 0.138. The van der Waals surface area contributed by atoms with Crippen molar-refractivity contribution in [3.63, 3.8) is 0 Å². The molecular formula is C14H14O2. The molecule has 0 aromatic heterocycles. The summed E-state index contributed by atoms with van der Waals surface area (Å²) in [5.41, 5.74) is 0.633. The normalized spacial score (nSPS) is 31.6. The van der Waals surface area contributed by atoms with Crippen molar-refractivity contribution in [1.29, 1.82) is 0 Å². The molecule has 82 valence electrons. The van der Waals surface area contributed by atoms with Gasteiger partial charge in [-0.2, -0.15) is 0 Å². The molecule has 0 bridgehead atoms. The Bertz CT molecular complexity index is 435. The van der Waals surface area contributed by atoms with E-state index >= 15 is 0 Å². The maximum atomic E-state index is 12.0. The molecule has 2 heteroatoms. The van der Waals surface area contributed by atoms with E-state index < -0.39 is 5.60 Å². The highest BCUT2D eigenvalue weighted by molar-refractivity contribution is 6.02. The van der Waals surface area contributed by atoms with E-state index in [0.29, 0.717) is 0 Å². The highest BCUT2D eigenvalue weighted by Gasteiger charge is 2.63. The molecule has 1 saturated heterocycles. The third-order valence-electron chi connectivity index (χ3n) is 3.47. The first-order valence-corrected chi connectivity index (χ1v) is 5.77. The van der Waals surface area contributed by atoms with Gasteiger partial charge in [0.15, 0.2) is 11.4 Å². The first kappa shape index (κ1) is 9.79. The Balaban J connectivity index is 1.72. The van der Waals surface area contributed by atoms with Gasteiger partial charge in [-0.25, -0.2) is 0 Å².